The number of hydrogen-bond donors (Lipinski definition) is 0. The predicted molar refractivity (Wildman–Crippen MR) is 71.5 cm³/mol. The first kappa shape index (κ1) is 11.3. The predicted octanol–water partition coefficient (Wildman–Crippen LogP) is 3.23. The Hall–Kier alpha value is -1.83. The molecular formula is C16H17NO. The van der Waals surface area contributed by atoms with E-state index in [1.807, 2.05) is 6.07 Å². The van der Waals surface area contributed by atoms with E-state index in [0.29, 0.717) is 11.7 Å². The van der Waals surface area contributed by atoms with Crippen molar-refractivity contribution in [1.29, 1.82) is 0 Å². The van der Waals surface area contributed by atoms with E-state index in [0.717, 1.165) is 13.0 Å². The molecule has 0 radical (unpaired) electrons. The lowest BCUT2D eigenvalue weighted by Crippen LogP contribution is -2.04. The number of carbonyl (C=O) groups excluding carboxylic acids is 1. The van der Waals surface area contributed by atoms with E-state index in [4.69, 9.17) is 0 Å². The van der Waals surface area contributed by atoms with Crippen molar-refractivity contribution in [2.24, 2.45) is 5.92 Å². The first-order valence-corrected chi connectivity index (χ1v) is 6.45. The van der Waals surface area contributed by atoms with Gasteiger partial charge in [-0.3, -0.25) is 4.79 Å². The quantitative estimate of drug-likeness (QED) is 0.803. The van der Waals surface area contributed by atoms with Crippen molar-refractivity contribution < 1.29 is 4.79 Å². The van der Waals surface area contributed by atoms with Gasteiger partial charge in [0.25, 0.3) is 0 Å². The minimum absolute atomic E-state index is 0.259. The van der Waals surface area contributed by atoms with Gasteiger partial charge in [-0.1, -0.05) is 30.3 Å². The summed E-state index contributed by atoms with van der Waals surface area (Å²) in [6, 6.07) is 14.7. The van der Waals surface area contributed by atoms with Gasteiger partial charge in [-0.05, 0) is 31.0 Å². The largest absolute Gasteiger partial charge is 0.347 e. The summed E-state index contributed by atoms with van der Waals surface area (Å²) in [6.45, 7) is 2.60. The summed E-state index contributed by atoms with van der Waals surface area (Å²) in [4.78, 5) is 11.4. The van der Waals surface area contributed by atoms with Crippen LogP contribution in [0, 0.1) is 5.92 Å². The molecule has 2 unspecified atom stereocenters. The molecule has 2 nitrogen and oxygen atoms in total. The van der Waals surface area contributed by atoms with Crippen molar-refractivity contribution in [3.05, 3.63) is 59.9 Å². The van der Waals surface area contributed by atoms with Gasteiger partial charge in [0.2, 0.25) is 0 Å². The molecule has 0 aliphatic heterocycles. The average molecular weight is 239 g/mol. The zero-order chi connectivity index (χ0) is 12.5. The summed E-state index contributed by atoms with van der Waals surface area (Å²) in [5.41, 5.74) is 2.61. The van der Waals surface area contributed by atoms with Crippen molar-refractivity contribution in [3.8, 4) is 0 Å². The normalized spacial score (nSPS) is 21.8. The molecule has 1 aliphatic rings. The summed E-state index contributed by atoms with van der Waals surface area (Å²) in [6.07, 6.45) is 3.13. The van der Waals surface area contributed by atoms with E-state index < -0.39 is 0 Å². The van der Waals surface area contributed by atoms with Crippen LogP contribution in [0.1, 0.15) is 30.5 Å². The number of nitrogens with zero attached hydrogens (tertiary/aromatic N) is 1. The number of carbonyl (C=O) groups is 1. The number of Topliss-reactive ketones (excluding diaryl/α,β-unsaturated/α-hetero) is 1. The van der Waals surface area contributed by atoms with Gasteiger partial charge in [0.15, 0.2) is 0 Å². The Bertz CT molecular complexity index is 555. The minimum Gasteiger partial charge on any atom is -0.347 e. The molecule has 0 spiro atoms. The minimum atomic E-state index is 0.259. The van der Waals surface area contributed by atoms with Crippen LogP contribution in [0.5, 0.6) is 0 Å². The highest BCUT2D eigenvalue weighted by Crippen LogP contribution is 2.48. The van der Waals surface area contributed by atoms with E-state index >= 15 is 0 Å². The Labute approximate surface area is 107 Å². The fourth-order valence-electron chi connectivity index (χ4n) is 2.66. The fraction of sp³-hybridized carbons (Fsp3) is 0.312. The highest BCUT2D eigenvalue weighted by Gasteiger charge is 2.43. The molecule has 0 bridgehead atoms. The maximum atomic E-state index is 11.4. The van der Waals surface area contributed by atoms with E-state index in [2.05, 4.69) is 47.2 Å². The lowest BCUT2D eigenvalue weighted by molar-refractivity contribution is -0.118. The van der Waals surface area contributed by atoms with Gasteiger partial charge in [-0.2, -0.15) is 0 Å². The van der Waals surface area contributed by atoms with Gasteiger partial charge in [0.05, 0.1) is 0 Å². The molecule has 2 heteroatoms. The van der Waals surface area contributed by atoms with Crippen molar-refractivity contribution in [2.45, 2.75) is 25.8 Å². The van der Waals surface area contributed by atoms with Crippen LogP contribution in [-0.4, -0.2) is 10.4 Å². The van der Waals surface area contributed by atoms with Crippen LogP contribution < -0.4 is 0 Å². The third-order valence-corrected chi connectivity index (χ3v) is 3.75. The number of hydrogen-bond acceptors (Lipinski definition) is 1. The summed E-state index contributed by atoms with van der Waals surface area (Å²) >= 11 is 0. The first-order valence-electron chi connectivity index (χ1n) is 6.45. The van der Waals surface area contributed by atoms with Crippen LogP contribution in [0.15, 0.2) is 48.7 Å². The second-order valence-corrected chi connectivity index (χ2v) is 5.11. The van der Waals surface area contributed by atoms with Crippen LogP contribution in [0.3, 0.4) is 0 Å². The number of aromatic nitrogens is 1. The van der Waals surface area contributed by atoms with Crippen LogP contribution in [0.2, 0.25) is 0 Å². The Balaban J connectivity index is 1.79. The molecule has 1 aliphatic carbocycles. The van der Waals surface area contributed by atoms with Gasteiger partial charge in [-0.15, -0.1) is 0 Å². The standard InChI is InChI=1S/C16H17NO/c1-12(18)14-10-15(14)16-8-5-9-17(16)11-13-6-3-2-4-7-13/h2-9,14-15H,10-11H2,1H3. The van der Waals surface area contributed by atoms with Crippen LogP contribution in [-0.2, 0) is 11.3 Å². The molecule has 1 heterocycles. The third kappa shape index (κ3) is 2.10. The summed E-state index contributed by atoms with van der Waals surface area (Å²) < 4.78 is 2.27. The summed E-state index contributed by atoms with van der Waals surface area (Å²) in [5, 5.41) is 0. The average Bonchev–Trinajstić information content (AvgIpc) is 3.05. The summed E-state index contributed by atoms with van der Waals surface area (Å²) in [5.74, 6) is 1.03. The molecule has 1 saturated carbocycles. The van der Waals surface area contributed by atoms with Gasteiger partial charge in [0.1, 0.15) is 5.78 Å². The Kier molecular flexibility index (Phi) is 2.78. The Morgan fingerprint density at radius 3 is 2.67 bits per heavy atom. The van der Waals surface area contributed by atoms with Crippen LogP contribution >= 0.6 is 0 Å². The molecule has 1 aromatic carbocycles. The second-order valence-electron chi connectivity index (χ2n) is 5.11. The molecule has 1 aromatic heterocycles. The van der Waals surface area contributed by atoms with Crippen LogP contribution in [0.25, 0.3) is 0 Å². The monoisotopic (exact) mass is 239 g/mol. The lowest BCUT2D eigenvalue weighted by Gasteiger charge is -2.09. The lowest BCUT2D eigenvalue weighted by atomic mass is 10.2. The maximum absolute atomic E-state index is 11.4. The van der Waals surface area contributed by atoms with Gasteiger partial charge >= 0.3 is 0 Å². The maximum Gasteiger partial charge on any atom is 0.133 e. The van der Waals surface area contributed by atoms with Crippen molar-refractivity contribution >= 4 is 5.78 Å². The smallest absolute Gasteiger partial charge is 0.133 e. The van der Waals surface area contributed by atoms with Crippen molar-refractivity contribution in [3.63, 3.8) is 0 Å². The highest BCUT2D eigenvalue weighted by molar-refractivity contribution is 5.82. The SMILES string of the molecule is CC(=O)C1CC1c1cccn1Cc1ccccc1. The van der Waals surface area contributed by atoms with Gasteiger partial charge in [0, 0.05) is 30.3 Å². The number of benzene rings is 1. The Morgan fingerprint density at radius 1 is 1.22 bits per heavy atom. The first-order chi connectivity index (χ1) is 8.75. The molecule has 0 N–H and O–H groups in total. The zero-order valence-electron chi connectivity index (χ0n) is 10.5. The van der Waals surface area contributed by atoms with Gasteiger partial charge < -0.3 is 4.57 Å². The van der Waals surface area contributed by atoms with Crippen molar-refractivity contribution in [1.82, 2.24) is 4.57 Å². The summed E-state index contributed by atoms with van der Waals surface area (Å²) in [7, 11) is 0. The molecule has 0 saturated heterocycles. The van der Waals surface area contributed by atoms with E-state index in [1.165, 1.54) is 11.3 Å². The number of ketones is 1. The van der Waals surface area contributed by atoms with Crippen LogP contribution in [0.4, 0.5) is 0 Å². The fourth-order valence-corrected chi connectivity index (χ4v) is 2.66. The molecule has 2 atom stereocenters. The molecule has 1 fully saturated rings. The molecule has 18 heavy (non-hydrogen) atoms. The van der Waals surface area contributed by atoms with E-state index in [1.54, 1.807) is 6.92 Å². The van der Waals surface area contributed by atoms with Crippen molar-refractivity contribution in [2.75, 3.05) is 0 Å². The molecule has 92 valence electrons. The second kappa shape index (κ2) is 4.45. The number of rotatable bonds is 4. The highest BCUT2D eigenvalue weighted by atomic mass is 16.1. The van der Waals surface area contributed by atoms with E-state index in [9.17, 15) is 4.79 Å². The molecular weight excluding hydrogens is 222 g/mol. The zero-order valence-corrected chi connectivity index (χ0v) is 10.5. The molecule has 3 rings (SSSR count). The Morgan fingerprint density at radius 2 is 2.00 bits per heavy atom. The topological polar surface area (TPSA) is 22.0 Å². The molecule has 0 amide bonds. The molecule has 2 aromatic rings. The van der Waals surface area contributed by atoms with E-state index in [-0.39, 0.29) is 5.92 Å². The van der Waals surface area contributed by atoms with Gasteiger partial charge in [-0.25, -0.2) is 0 Å². The third-order valence-electron chi connectivity index (χ3n) is 3.75.